The minimum atomic E-state index is -0.633. The van der Waals surface area contributed by atoms with Gasteiger partial charge < -0.3 is 9.64 Å². The van der Waals surface area contributed by atoms with Gasteiger partial charge in [0.05, 0.1) is 18.4 Å². The maximum Gasteiger partial charge on any atom is 0.258 e. The summed E-state index contributed by atoms with van der Waals surface area (Å²) in [5, 5.41) is -0.633. The molecule has 5 nitrogen and oxygen atoms in total. The van der Waals surface area contributed by atoms with Crippen molar-refractivity contribution < 1.29 is 14.3 Å². The van der Waals surface area contributed by atoms with Crippen molar-refractivity contribution in [2.75, 3.05) is 18.6 Å². The molecule has 0 N–H and O–H groups in total. The molecule has 114 valence electrons. The van der Waals surface area contributed by atoms with Crippen molar-refractivity contribution >= 4 is 28.4 Å². The van der Waals surface area contributed by atoms with E-state index in [1.807, 2.05) is 6.92 Å². The van der Waals surface area contributed by atoms with Crippen molar-refractivity contribution in [1.29, 1.82) is 0 Å². The molecular formula is C16H15ClN2O3. The highest BCUT2D eigenvalue weighted by Crippen LogP contribution is 2.33. The lowest BCUT2D eigenvalue weighted by Gasteiger charge is -2.24. The van der Waals surface area contributed by atoms with Crippen LogP contribution in [0.5, 0.6) is 5.75 Å². The summed E-state index contributed by atoms with van der Waals surface area (Å²) in [6.07, 6.45) is 3.11. The quantitative estimate of drug-likeness (QED) is 0.795. The maximum absolute atomic E-state index is 12.7. The lowest BCUT2D eigenvalue weighted by molar-refractivity contribution is 0.0986. The molecule has 1 aromatic carbocycles. The molecule has 0 bridgehead atoms. The molecule has 0 aliphatic carbocycles. The molecule has 2 aromatic rings. The number of ether oxygens (including phenoxy) is 1. The first kappa shape index (κ1) is 16.0. The number of rotatable bonds is 5. The lowest BCUT2D eigenvalue weighted by atomic mass is 10.1. The van der Waals surface area contributed by atoms with Crippen LogP contribution in [0.2, 0.25) is 0 Å². The van der Waals surface area contributed by atoms with Crippen molar-refractivity contribution in [3.8, 4) is 5.75 Å². The Morgan fingerprint density at radius 3 is 2.45 bits per heavy atom. The second kappa shape index (κ2) is 7.04. The third-order valence-electron chi connectivity index (χ3n) is 3.19. The number of benzene rings is 1. The molecule has 1 aromatic heterocycles. The van der Waals surface area contributed by atoms with E-state index in [2.05, 4.69) is 4.98 Å². The first-order chi connectivity index (χ1) is 10.6. The summed E-state index contributed by atoms with van der Waals surface area (Å²) in [4.78, 5) is 29.6. The van der Waals surface area contributed by atoms with Crippen LogP contribution in [0.3, 0.4) is 0 Å². The Kier molecular flexibility index (Phi) is 5.12. The number of hydrogen-bond acceptors (Lipinski definition) is 4. The minimum absolute atomic E-state index is 0.206. The van der Waals surface area contributed by atoms with Crippen LogP contribution in [0.4, 0.5) is 5.69 Å². The molecular weight excluding hydrogens is 304 g/mol. The average Bonchev–Trinajstić information content (AvgIpc) is 2.55. The molecule has 0 unspecified atom stereocenters. The van der Waals surface area contributed by atoms with E-state index in [0.717, 1.165) is 0 Å². The molecule has 0 saturated heterocycles. The molecule has 0 aliphatic rings. The van der Waals surface area contributed by atoms with Gasteiger partial charge in [-0.25, -0.2) is 0 Å². The number of hydrogen-bond donors (Lipinski definition) is 0. The average molecular weight is 319 g/mol. The number of nitrogens with zero attached hydrogens (tertiary/aromatic N) is 2. The van der Waals surface area contributed by atoms with E-state index in [-0.39, 0.29) is 17.2 Å². The van der Waals surface area contributed by atoms with Gasteiger partial charge in [-0.1, -0.05) is 6.07 Å². The van der Waals surface area contributed by atoms with E-state index in [0.29, 0.717) is 17.8 Å². The third-order valence-corrected chi connectivity index (χ3v) is 3.39. The molecule has 0 atom stereocenters. The second-order valence-corrected chi connectivity index (χ2v) is 4.76. The SMILES string of the molecule is CCN(C(=O)c1ccncc1)c1cccc(C(=O)Cl)c1OC. The monoisotopic (exact) mass is 318 g/mol. The summed E-state index contributed by atoms with van der Waals surface area (Å²) >= 11 is 5.57. The van der Waals surface area contributed by atoms with Gasteiger partial charge >= 0.3 is 0 Å². The minimum Gasteiger partial charge on any atom is -0.494 e. The van der Waals surface area contributed by atoms with Gasteiger partial charge in [-0.05, 0) is 42.8 Å². The summed E-state index contributed by atoms with van der Waals surface area (Å²) < 4.78 is 5.30. The molecule has 0 saturated carbocycles. The molecule has 22 heavy (non-hydrogen) atoms. The fraction of sp³-hybridized carbons (Fsp3) is 0.188. The Morgan fingerprint density at radius 2 is 1.91 bits per heavy atom. The maximum atomic E-state index is 12.7. The van der Waals surface area contributed by atoms with Crippen molar-refractivity contribution in [1.82, 2.24) is 4.98 Å². The van der Waals surface area contributed by atoms with Gasteiger partial charge in [-0.15, -0.1) is 0 Å². The highest BCUT2D eigenvalue weighted by atomic mass is 35.5. The molecule has 0 spiro atoms. The zero-order chi connectivity index (χ0) is 16.1. The zero-order valence-corrected chi connectivity index (χ0v) is 13.0. The van der Waals surface area contributed by atoms with Crippen LogP contribution in [-0.2, 0) is 0 Å². The van der Waals surface area contributed by atoms with E-state index < -0.39 is 5.24 Å². The number of halogens is 1. The zero-order valence-electron chi connectivity index (χ0n) is 12.2. The number of amides is 1. The van der Waals surface area contributed by atoms with Gasteiger partial charge in [0.2, 0.25) is 0 Å². The molecule has 0 aliphatic heterocycles. The smallest absolute Gasteiger partial charge is 0.258 e. The molecule has 6 heteroatoms. The van der Waals surface area contributed by atoms with Crippen LogP contribution in [0.15, 0.2) is 42.7 Å². The Bertz CT molecular complexity index is 689. The predicted molar refractivity (Wildman–Crippen MR) is 84.8 cm³/mol. The molecule has 0 radical (unpaired) electrons. The summed E-state index contributed by atoms with van der Waals surface area (Å²) in [5.74, 6) is 0.0779. The van der Waals surface area contributed by atoms with Crippen molar-refractivity contribution in [3.63, 3.8) is 0 Å². The van der Waals surface area contributed by atoms with Crippen molar-refractivity contribution in [2.24, 2.45) is 0 Å². The van der Waals surface area contributed by atoms with Gasteiger partial charge in [0.15, 0.2) is 5.75 Å². The van der Waals surface area contributed by atoms with Gasteiger partial charge in [0.25, 0.3) is 11.1 Å². The Labute approximate surface area is 133 Å². The summed E-state index contributed by atoms with van der Waals surface area (Å²) in [6.45, 7) is 2.26. The fourth-order valence-corrected chi connectivity index (χ4v) is 2.33. The Morgan fingerprint density at radius 1 is 1.23 bits per heavy atom. The number of pyridine rings is 1. The molecule has 1 amide bonds. The largest absolute Gasteiger partial charge is 0.494 e. The molecule has 0 fully saturated rings. The standard InChI is InChI=1S/C16H15ClN2O3/c1-3-19(16(21)11-7-9-18-10-8-11)13-6-4-5-12(15(17)20)14(13)22-2/h4-10H,3H2,1-2H3. The van der Waals surface area contributed by atoms with Gasteiger partial charge in [-0.3, -0.25) is 14.6 Å². The lowest BCUT2D eigenvalue weighted by Crippen LogP contribution is -2.31. The molecule has 1 heterocycles. The first-order valence-corrected chi connectivity index (χ1v) is 7.06. The fourth-order valence-electron chi connectivity index (χ4n) is 2.18. The van der Waals surface area contributed by atoms with Crippen LogP contribution in [-0.4, -0.2) is 29.8 Å². The number of anilines is 1. The summed E-state index contributed by atoms with van der Waals surface area (Å²) in [6, 6.07) is 8.20. The Hall–Kier alpha value is -2.40. The highest BCUT2D eigenvalue weighted by molar-refractivity contribution is 6.68. The third kappa shape index (κ3) is 3.09. The van der Waals surface area contributed by atoms with Crippen LogP contribution in [0.25, 0.3) is 0 Å². The molecule has 2 rings (SSSR count). The number of aromatic nitrogens is 1. The topological polar surface area (TPSA) is 59.5 Å². The van der Waals surface area contributed by atoms with Gasteiger partial charge in [-0.2, -0.15) is 0 Å². The van der Waals surface area contributed by atoms with E-state index in [1.54, 1.807) is 42.7 Å². The van der Waals surface area contributed by atoms with E-state index in [1.165, 1.54) is 12.0 Å². The number of methoxy groups -OCH3 is 1. The van der Waals surface area contributed by atoms with Gasteiger partial charge in [0, 0.05) is 24.5 Å². The number of carbonyl (C=O) groups is 2. The predicted octanol–water partition coefficient (Wildman–Crippen LogP) is 3.14. The highest BCUT2D eigenvalue weighted by Gasteiger charge is 2.22. The Balaban J connectivity index is 2.50. The van der Waals surface area contributed by atoms with Crippen molar-refractivity contribution in [2.45, 2.75) is 6.92 Å². The van der Waals surface area contributed by atoms with E-state index >= 15 is 0 Å². The second-order valence-electron chi connectivity index (χ2n) is 4.42. The van der Waals surface area contributed by atoms with Gasteiger partial charge in [0.1, 0.15) is 0 Å². The van der Waals surface area contributed by atoms with Crippen LogP contribution in [0, 0.1) is 0 Å². The normalized spacial score (nSPS) is 10.1. The number of carbonyl (C=O) groups excluding carboxylic acids is 2. The van der Waals surface area contributed by atoms with Crippen LogP contribution in [0.1, 0.15) is 27.6 Å². The van der Waals surface area contributed by atoms with E-state index in [4.69, 9.17) is 16.3 Å². The first-order valence-electron chi connectivity index (χ1n) is 6.68. The summed E-state index contributed by atoms with van der Waals surface area (Å²) in [7, 11) is 1.44. The van der Waals surface area contributed by atoms with E-state index in [9.17, 15) is 9.59 Å². The van der Waals surface area contributed by atoms with Crippen LogP contribution >= 0.6 is 11.6 Å². The summed E-state index contributed by atoms with van der Waals surface area (Å²) in [5.41, 5.74) is 1.22. The number of para-hydroxylation sites is 1. The van der Waals surface area contributed by atoms with Crippen LogP contribution < -0.4 is 9.64 Å². The van der Waals surface area contributed by atoms with Crippen molar-refractivity contribution in [3.05, 3.63) is 53.9 Å².